The van der Waals surface area contributed by atoms with Crippen molar-refractivity contribution in [1.82, 2.24) is 18.7 Å². The van der Waals surface area contributed by atoms with Gasteiger partial charge in [-0.2, -0.15) is 18.2 Å². The first-order valence-electron chi connectivity index (χ1n) is 39.8. The number of hydrogen-bond acceptors (Lipinski definition) is 3. The molecule has 1 aliphatic heterocycles. The molecule has 102 heavy (non-hydrogen) atoms. The molecular weight excluding hydrogens is 1430 g/mol. The largest absolute Gasteiger partial charge is 0.510 e. The Kier molecular flexibility index (Phi) is 11.3. The minimum absolute atomic E-state index is 0. The standard InChI is InChI=1S/C94H61N5O2.Pt/c1-94(2,3)67-46-47-95-91(55-67)99-85-37-18-14-32-76(85)77-44-42-70(57-87(77)99)100-69-27-20-26-68(56-69)96-58-97-92-79(34-21-38-86(92)98-83-35-16-12-30-74(83)75-31-13-17-36-84(75)98)80-51-61(65-49-63(59-22-6-4-7-23-59)48-64(50-65)60-24-8-5-9-25-60)40-43-73(80)71-28-10-11-29-72(71)82-53-66(54-88(96)93(82)97)62-41-45-90-81(52-62)78-33-15-19-39-89(78)101-90;/h4-55H,1-3H3;/q-2;/i4D,5D,6D,7D,8D,9D,22D,23D,24D,25D,48D,49D,50D;. The van der Waals surface area contributed by atoms with Crippen LogP contribution in [0.15, 0.2) is 320 Å². The third-order valence-electron chi connectivity index (χ3n) is 19.5. The van der Waals surface area contributed by atoms with Crippen molar-refractivity contribution in [1.29, 1.82) is 0 Å². The summed E-state index contributed by atoms with van der Waals surface area (Å²) in [5, 5.41) is 5.91. The van der Waals surface area contributed by atoms with Crippen molar-refractivity contribution in [3.63, 3.8) is 0 Å². The number of benzene rings is 14. The minimum Gasteiger partial charge on any atom is -0.510 e. The average Bonchev–Trinajstić information content (AvgIpc) is 1.59. The molecule has 0 bridgehead atoms. The molecule has 8 heteroatoms. The Morgan fingerprint density at radius 3 is 1.71 bits per heavy atom. The van der Waals surface area contributed by atoms with Crippen LogP contribution in [0.5, 0.6) is 11.5 Å². The zero-order chi connectivity index (χ0) is 78.3. The number of hydrogen-bond donors (Lipinski definition) is 0. The third kappa shape index (κ3) is 9.90. The van der Waals surface area contributed by atoms with Crippen LogP contribution in [0.25, 0.3) is 177 Å². The molecule has 1 aliphatic rings. The number of para-hydroxylation sites is 5. The first kappa shape index (κ1) is 48.3. The van der Waals surface area contributed by atoms with Crippen LogP contribution >= 0.6 is 0 Å². The van der Waals surface area contributed by atoms with E-state index in [9.17, 15) is 9.60 Å². The van der Waals surface area contributed by atoms with Gasteiger partial charge in [0.1, 0.15) is 17.0 Å². The molecule has 0 N–H and O–H groups in total. The van der Waals surface area contributed by atoms with E-state index in [1.54, 1.807) is 6.07 Å². The van der Waals surface area contributed by atoms with Gasteiger partial charge in [0.25, 0.3) is 6.33 Å². The summed E-state index contributed by atoms with van der Waals surface area (Å²) in [5.41, 5.74) is 13.3. The molecule has 0 saturated heterocycles. The van der Waals surface area contributed by atoms with Crippen LogP contribution in [-0.2, 0) is 26.5 Å². The van der Waals surface area contributed by atoms with Gasteiger partial charge in [-0.1, -0.05) is 220 Å². The Morgan fingerprint density at radius 1 is 0.422 bits per heavy atom. The predicted octanol–water partition coefficient (Wildman–Crippen LogP) is 23.9. The van der Waals surface area contributed by atoms with E-state index < -0.39 is 101 Å². The summed E-state index contributed by atoms with van der Waals surface area (Å²) in [7, 11) is 0. The Bertz CT molecular complexity index is 7250. The SMILES string of the molecule is [2H]c1c([2H])c([2H])c(-c2c([2H])c(-c3ccc4c(c3)-c3cccc(-n5c6ccccc6c6ccccc65)c3-[n+]3[c-]n(-c5[c-]c(Oc6[c-]c7c(cc6)c6ccccc6n7-c6cc(C(C)(C)C)ccn6)ccc5)c5cc(-c6ccc7oc8ccccc8c7c6)cc(c53)-c3ccccc3-4)c([2H])c(-c3c([2H])c([2H])c([2H])c([2H])c3[2H])c2[2H])c([2H])c1[2H].[Pt]. The van der Waals surface area contributed by atoms with Gasteiger partial charge >= 0.3 is 0 Å². The number of furan rings is 1. The number of rotatable bonds is 9. The fraction of sp³-hybridized carbons (Fsp3) is 0.0426. The molecule has 5 aromatic heterocycles. The van der Waals surface area contributed by atoms with Gasteiger partial charge in [0.15, 0.2) is 0 Å². The number of pyridine rings is 1. The first-order chi connectivity index (χ1) is 55.1. The predicted molar refractivity (Wildman–Crippen MR) is 412 cm³/mol. The fourth-order valence-electron chi connectivity index (χ4n) is 14.8. The third-order valence-corrected chi connectivity index (χ3v) is 19.5. The first-order valence-corrected chi connectivity index (χ1v) is 33.3. The van der Waals surface area contributed by atoms with Crippen LogP contribution in [0.4, 0.5) is 0 Å². The molecular formula is C94H61N5O2Pt-2. The summed E-state index contributed by atoms with van der Waals surface area (Å²) in [6, 6.07) is 75.0. The van der Waals surface area contributed by atoms with Gasteiger partial charge in [0, 0.05) is 65.8 Å². The van der Waals surface area contributed by atoms with Crippen LogP contribution in [-0.4, -0.2) is 18.7 Å². The van der Waals surface area contributed by atoms with E-state index in [4.69, 9.17) is 22.4 Å². The van der Waals surface area contributed by atoms with Crippen molar-refractivity contribution < 1.29 is 52.6 Å². The van der Waals surface area contributed by atoms with Crippen molar-refractivity contribution in [3.8, 4) is 112 Å². The second-order valence-electron chi connectivity index (χ2n) is 26.4. The van der Waals surface area contributed by atoms with Gasteiger partial charge in [-0.05, 0) is 185 Å². The van der Waals surface area contributed by atoms with Crippen molar-refractivity contribution >= 4 is 76.6 Å². The second-order valence-corrected chi connectivity index (χ2v) is 26.4. The van der Waals surface area contributed by atoms with Gasteiger partial charge in [0.2, 0.25) is 0 Å². The minimum atomic E-state index is -0.752. The van der Waals surface area contributed by atoms with Crippen LogP contribution < -0.4 is 9.30 Å². The number of nitrogens with zero attached hydrogens (tertiary/aromatic N) is 5. The molecule has 20 rings (SSSR count). The molecule has 486 valence electrons. The summed E-state index contributed by atoms with van der Waals surface area (Å²) in [6.07, 6.45) is 5.84. The molecule has 0 amide bonds. The monoisotopic (exact) mass is 1500 g/mol. The number of fused-ring (bicyclic) bond motifs is 16. The maximum Gasteiger partial charge on any atom is 0.268 e. The Labute approximate surface area is 622 Å². The van der Waals surface area contributed by atoms with Crippen LogP contribution in [0.2, 0.25) is 0 Å². The van der Waals surface area contributed by atoms with Gasteiger partial charge in [-0.15, -0.1) is 29.7 Å². The average molecular weight is 1500 g/mol. The van der Waals surface area contributed by atoms with Crippen LogP contribution in [0.1, 0.15) is 44.2 Å². The fourth-order valence-corrected chi connectivity index (χ4v) is 14.8. The van der Waals surface area contributed by atoms with Gasteiger partial charge in [-0.25, -0.2) is 4.98 Å². The molecule has 0 atom stereocenters. The number of imidazole rings is 1. The van der Waals surface area contributed by atoms with E-state index in [-0.39, 0.29) is 37.6 Å². The molecule has 0 saturated carbocycles. The molecule has 0 spiro atoms. The molecule has 6 heterocycles. The van der Waals surface area contributed by atoms with E-state index in [1.165, 1.54) is 0 Å². The van der Waals surface area contributed by atoms with Gasteiger partial charge in [-0.3, -0.25) is 4.57 Å². The Morgan fingerprint density at radius 2 is 0.990 bits per heavy atom. The zero-order valence-corrected chi connectivity index (χ0v) is 57.2. The summed E-state index contributed by atoms with van der Waals surface area (Å²) >= 11 is 0. The van der Waals surface area contributed by atoms with Crippen LogP contribution in [0, 0.1) is 18.5 Å². The molecule has 0 fully saturated rings. The van der Waals surface area contributed by atoms with E-state index in [1.807, 2.05) is 132 Å². The summed E-state index contributed by atoms with van der Waals surface area (Å²) in [4.78, 5) is 4.93. The zero-order valence-electron chi connectivity index (χ0n) is 67.9. The van der Waals surface area contributed by atoms with E-state index in [0.29, 0.717) is 45.1 Å². The van der Waals surface area contributed by atoms with E-state index in [2.05, 4.69) is 156 Å². The molecule has 14 aromatic carbocycles. The summed E-state index contributed by atoms with van der Waals surface area (Å²) in [6.45, 7) is 6.56. The van der Waals surface area contributed by atoms with E-state index >= 15 is 0 Å². The quantitative estimate of drug-likeness (QED) is 0.107. The molecule has 19 aromatic rings. The van der Waals surface area contributed by atoms with Crippen LogP contribution in [0.3, 0.4) is 0 Å². The second kappa shape index (κ2) is 23.9. The van der Waals surface area contributed by atoms with Crippen molar-refractivity contribution in [2.24, 2.45) is 0 Å². The smallest absolute Gasteiger partial charge is 0.268 e. The maximum absolute atomic E-state index is 10.4. The summed E-state index contributed by atoms with van der Waals surface area (Å²) < 4.78 is 143. The van der Waals surface area contributed by atoms with Crippen molar-refractivity contribution in [2.45, 2.75) is 26.2 Å². The van der Waals surface area contributed by atoms with Crippen molar-refractivity contribution in [2.75, 3.05) is 0 Å². The van der Waals surface area contributed by atoms with E-state index in [0.717, 1.165) is 116 Å². The number of aromatic nitrogens is 5. The Balaban J connectivity index is 0.00000884. The molecule has 7 nitrogen and oxygen atoms in total. The van der Waals surface area contributed by atoms with Gasteiger partial charge < -0.3 is 22.9 Å². The Hall–Kier alpha value is -12.4. The van der Waals surface area contributed by atoms with Gasteiger partial charge in [0.05, 0.1) is 51.3 Å². The summed E-state index contributed by atoms with van der Waals surface area (Å²) in [5.74, 6) is 1.58. The number of ether oxygens (including phenoxy) is 1. The molecule has 0 radical (unpaired) electrons. The normalized spacial score (nSPS) is 13.8. The van der Waals surface area contributed by atoms with Crippen molar-refractivity contribution in [3.05, 3.63) is 339 Å². The topological polar surface area (TPSA) is 53.9 Å². The molecule has 0 aliphatic carbocycles. The maximum atomic E-state index is 10.4. The molecule has 0 unspecified atom stereocenters.